The number of morpholine rings is 1. The van der Waals surface area contributed by atoms with Crippen LogP contribution in [0.15, 0.2) is 40.1 Å². The minimum absolute atomic E-state index is 0.0371. The summed E-state index contributed by atoms with van der Waals surface area (Å²) in [4.78, 5) is 16.5. The number of nitrogens with one attached hydrogen (secondary N) is 1. The molecule has 0 aromatic carbocycles. The van der Waals surface area contributed by atoms with Gasteiger partial charge in [-0.1, -0.05) is 12.1 Å². The molecule has 4 rings (SSSR count). The lowest BCUT2D eigenvalue weighted by Gasteiger charge is -2.26. The predicted molar refractivity (Wildman–Crippen MR) is 95.8 cm³/mol. The number of amides is 1. The number of rotatable bonds is 4. The summed E-state index contributed by atoms with van der Waals surface area (Å²) in [5, 5.41) is 10.6. The second-order valence-corrected chi connectivity index (χ2v) is 7.96. The van der Waals surface area contributed by atoms with Crippen LogP contribution in [-0.2, 0) is 9.53 Å². The molecule has 4 heterocycles. The molecule has 7 heteroatoms. The number of thiophene rings is 2. The first-order valence-corrected chi connectivity index (χ1v) is 9.95. The van der Waals surface area contributed by atoms with E-state index in [4.69, 9.17) is 9.84 Å². The highest BCUT2D eigenvalue weighted by Crippen LogP contribution is 2.35. The van der Waals surface area contributed by atoms with Crippen LogP contribution in [0, 0.1) is 0 Å². The van der Waals surface area contributed by atoms with Crippen LogP contribution in [0.4, 0.5) is 0 Å². The minimum atomic E-state index is 0.0371. The summed E-state index contributed by atoms with van der Waals surface area (Å²) in [7, 11) is 0. The fourth-order valence-electron chi connectivity index (χ4n) is 3.17. The van der Waals surface area contributed by atoms with Gasteiger partial charge in [-0.05, 0) is 22.9 Å². The van der Waals surface area contributed by atoms with Gasteiger partial charge in [0.1, 0.15) is 13.1 Å². The summed E-state index contributed by atoms with van der Waals surface area (Å²) in [6.45, 7) is 3.75. The van der Waals surface area contributed by atoms with Crippen LogP contribution in [0.1, 0.15) is 22.2 Å². The Morgan fingerprint density at radius 2 is 2.04 bits per heavy atom. The Kier molecular flexibility index (Phi) is 4.75. The van der Waals surface area contributed by atoms with E-state index < -0.39 is 0 Å². The molecule has 1 amide bonds. The third-order valence-electron chi connectivity index (χ3n) is 4.44. The van der Waals surface area contributed by atoms with Gasteiger partial charge in [0.2, 0.25) is 0 Å². The Morgan fingerprint density at radius 1 is 1.25 bits per heavy atom. The lowest BCUT2D eigenvalue weighted by Crippen LogP contribution is -3.15. The lowest BCUT2D eigenvalue weighted by molar-refractivity contribution is -0.900. The molecule has 2 aromatic rings. The molecule has 0 saturated carbocycles. The molecular formula is C17H20N3O2S2+. The molecular weight excluding hydrogens is 342 g/mol. The summed E-state index contributed by atoms with van der Waals surface area (Å²) < 4.78 is 5.38. The van der Waals surface area contributed by atoms with Crippen LogP contribution in [0.25, 0.3) is 0 Å². The van der Waals surface area contributed by atoms with Crippen LogP contribution >= 0.6 is 22.7 Å². The molecule has 0 spiro atoms. The zero-order valence-electron chi connectivity index (χ0n) is 13.3. The van der Waals surface area contributed by atoms with Gasteiger partial charge in [-0.25, -0.2) is 5.01 Å². The van der Waals surface area contributed by atoms with Crippen molar-refractivity contribution >= 4 is 34.3 Å². The first-order chi connectivity index (χ1) is 11.8. The normalized spacial score (nSPS) is 21.9. The van der Waals surface area contributed by atoms with Crippen molar-refractivity contribution in [3.05, 3.63) is 44.8 Å². The van der Waals surface area contributed by atoms with Gasteiger partial charge in [0.05, 0.1) is 29.8 Å². The molecule has 2 aromatic heterocycles. The Labute approximate surface area is 149 Å². The standard InChI is InChI=1S/C17H19N3O2S2/c21-17(12-19-5-7-22-8-6-19)20-14(16-4-2-10-24-16)11-13(18-20)15-3-1-9-23-15/h1-4,9-10,14H,5-8,11-12H2/p+1/t14-/m1/s1. The average Bonchev–Trinajstić information content (AvgIpc) is 3.35. The van der Waals surface area contributed by atoms with E-state index in [0.29, 0.717) is 6.54 Å². The Morgan fingerprint density at radius 3 is 2.75 bits per heavy atom. The molecule has 1 atom stereocenters. The molecule has 1 saturated heterocycles. The number of hydrogen-bond acceptors (Lipinski definition) is 5. The van der Waals surface area contributed by atoms with E-state index in [-0.39, 0.29) is 11.9 Å². The number of hydrazone groups is 1. The van der Waals surface area contributed by atoms with Gasteiger partial charge in [0.15, 0.2) is 6.54 Å². The molecule has 0 bridgehead atoms. The molecule has 5 nitrogen and oxygen atoms in total. The van der Waals surface area contributed by atoms with Gasteiger partial charge in [-0.2, -0.15) is 5.10 Å². The van der Waals surface area contributed by atoms with E-state index in [9.17, 15) is 4.79 Å². The second-order valence-electron chi connectivity index (χ2n) is 6.04. The zero-order valence-corrected chi connectivity index (χ0v) is 14.9. The monoisotopic (exact) mass is 362 g/mol. The van der Waals surface area contributed by atoms with Gasteiger partial charge in [-0.15, -0.1) is 22.7 Å². The quantitative estimate of drug-likeness (QED) is 0.894. The van der Waals surface area contributed by atoms with Crippen molar-refractivity contribution in [3.63, 3.8) is 0 Å². The molecule has 2 aliphatic rings. The first kappa shape index (κ1) is 16.0. The molecule has 2 aliphatic heterocycles. The molecule has 24 heavy (non-hydrogen) atoms. The van der Waals surface area contributed by atoms with Crippen LogP contribution in [0.5, 0.6) is 0 Å². The maximum atomic E-state index is 12.9. The Bertz CT molecular complexity index is 706. The van der Waals surface area contributed by atoms with Crippen LogP contribution in [0.2, 0.25) is 0 Å². The van der Waals surface area contributed by atoms with E-state index in [1.807, 2.05) is 12.1 Å². The summed E-state index contributed by atoms with van der Waals surface area (Å²) >= 11 is 3.38. The zero-order chi connectivity index (χ0) is 16.4. The largest absolute Gasteiger partial charge is 0.370 e. The highest BCUT2D eigenvalue weighted by molar-refractivity contribution is 7.12. The van der Waals surface area contributed by atoms with Crippen molar-refractivity contribution in [2.24, 2.45) is 5.10 Å². The van der Waals surface area contributed by atoms with E-state index in [2.05, 4.69) is 22.9 Å². The maximum Gasteiger partial charge on any atom is 0.298 e. The molecule has 1 N–H and O–H groups in total. The van der Waals surface area contributed by atoms with Gasteiger partial charge in [0.25, 0.3) is 5.91 Å². The predicted octanol–water partition coefficient (Wildman–Crippen LogP) is 1.40. The number of carbonyl (C=O) groups excluding carboxylic acids is 1. The van der Waals surface area contributed by atoms with Crippen molar-refractivity contribution < 1.29 is 14.4 Å². The number of hydrogen-bond donors (Lipinski definition) is 1. The average molecular weight is 363 g/mol. The lowest BCUT2D eigenvalue weighted by atomic mass is 10.1. The van der Waals surface area contributed by atoms with E-state index >= 15 is 0 Å². The highest BCUT2D eigenvalue weighted by atomic mass is 32.1. The maximum absolute atomic E-state index is 12.9. The summed E-state index contributed by atoms with van der Waals surface area (Å²) in [5.41, 5.74) is 1.02. The smallest absolute Gasteiger partial charge is 0.298 e. The van der Waals surface area contributed by atoms with Gasteiger partial charge in [-0.3, -0.25) is 4.79 Å². The van der Waals surface area contributed by atoms with Crippen LogP contribution < -0.4 is 4.90 Å². The fraction of sp³-hybridized carbons (Fsp3) is 0.412. The SMILES string of the molecule is O=C(C[NH+]1CCOCC1)N1N=C(c2cccs2)C[C@@H]1c1cccs1. The number of carbonyl (C=O) groups is 1. The van der Waals surface area contributed by atoms with Gasteiger partial charge >= 0.3 is 0 Å². The number of nitrogens with zero attached hydrogens (tertiary/aromatic N) is 2. The van der Waals surface area contributed by atoms with Gasteiger partial charge in [0, 0.05) is 11.3 Å². The molecule has 0 unspecified atom stereocenters. The Balaban J connectivity index is 1.55. The van der Waals surface area contributed by atoms with Crippen molar-refractivity contribution in [2.45, 2.75) is 12.5 Å². The van der Waals surface area contributed by atoms with Crippen molar-refractivity contribution in [3.8, 4) is 0 Å². The molecule has 1 fully saturated rings. The van der Waals surface area contributed by atoms with Crippen molar-refractivity contribution in [2.75, 3.05) is 32.8 Å². The van der Waals surface area contributed by atoms with E-state index in [1.54, 1.807) is 27.7 Å². The molecule has 0 aliphatic carbocycles. The summed E-state index contributed by atoms with van der Waals surface area (Å²) in [5.74, 6) is 0.108. The molecule has 126 valence electrons. The number of ether oxygens (including phenoxy) is 1. The minimum Gasteiger partial charge on any atom is -0.370 e. The fourth-order valence-corrected chi connectivity index (χ4v) is 4.70. The third kappa shape index (κ3) is 3.30. The van der Waals surface area contributed by atoms with Crippen molar-refractivity contribution in [1.82, 2.24) is 5.01 Å². The Hall–Kier alpha value is -1.54. The second kappa shape index (κ2) is 7.14. The van der Waals surface area contributed by atoms with Crippen LogP contribution in [-0.4, -0.2) is 49.5 Å². The summed E-state index contributed by atoms with van der Waals surface area (Å²) in [6.07, 6.45) is 0.797. The van der Waals surface area contributed by atoms with E-state index in [1.165, 1.54) is 9.78 Å². The van der Waals surface area contributed by atoms with E-state index in [0.717, 1.165) is 43.3 Å². The molecule has 0 radical (unpaired) electrons. The van der Waals surface area contributed by atoms with Crippen LogP contribution in [0.3, 0.4) is 0 Å². The first-order valence-electron chi connectivity index (χ1n) is 8.19. The number of quaternary nitrogens is 1. The highest BCUT2D eigenvalue weighted by Gasteiger charge is 2.35. The topological polar surface area (TPSA) is 46.3 Å². The third-order valence-corrected chi connectivity index (χ3v) is 6.34. The van der Waals surface area contributed by atoms with Gasteiger partial charge < -0.3 is 9.64 Å². The summed E-state index contributed by atoms with van der Waals surface area (Å²) in [6, 6.07) is 8.29. The van der Waals surface area contributed by atoms with Crippen molar-refractivity contribution in [1.29, 1.82) is 0 Å².